The Kier molecular flexibility index (Phi) is 7.62. The van der Waals surface area contributed by atoms with Gasteiger partial charge in [0.25, 0.3) is 5.91 Å². The van der Waals surface area contributed by atoms with Crippen LogP contribution in [0.15, 0.2) is 66.7 Å². The number of likely N-dealkylation sites (N-methyl/N-ethyl adjacent to an activating group) is 1. The third kappa shape index (κ3) is 6.11. The first-order valence-electron chi connectivity index (χ1n) is 11.5. The fraction of sp³-hybridized carbons (Fsp3) is 0.192. The van der Waals surface area contributed by atoms with Crippen LogP contribution >= 0.6 is 0 Å². The predicted molar refractivity (Wildman–Crippen MR) is 130 cm³/mol. The Labute approximate surface area is 223 Å². The Balaban J connectivity index is 1.79. The summed E-state index contributed by atoms with van der Waals surface area (Å²) in [7, 11) is 2.75. The molecule has 0 aliphatic carbocycles. The average Bonchev–Trinajstić information content (AvgIpc) is 3.45. The van der Waals surface area contributed by atoms with E-state index >= 15 is 0 Å². The second kappa shape index (κ2) is 10.8. The van der Waals surface area contributed by atoms with Crippen molar-refractivity contribution in [3.63, 3.8) is 0 Å². The van der Waals surface area contributed by atoms with Crippen molar-refractivity contribution in [1.29, 1.82) is 0 Å². The molecular formula is C26H20F6N6O2. The molecule has 14 heteroatoms. The van der Waals surface area contributed by atoms with Gasteiger partial charge in [-0.15, -0.1) is 10.2 Å². The van der Waals surface area contributed by atoms with Crippen LogP contribution in [0.1, 0.15) is 33.1 Å². The van der Waals surface area contributed by atoms with E-state index in [0.29, 0.717) is 5.56 Å². The summed E-state index contributed by atoms with van der Waals surface area (Å²) in [5, 5.41) is 15.9. The number of tetrazole rings is 1. The molecule has 8 nitrogen and oxygen atoms in total. The van der Waals surface area contributed by atoms with E-state index in [1.165, 1.54) is 50.5 Å². The van der Waals surface area contributed by atoms with Crippen molar-refractivity contribution in [2.24, 2.45) is 0 Å². The van der Waals surface area contributed by atoms with Crippen LogP contribution in [0, 0.1) is 0 Å². The molecule has 0 spiro atoms. The van der Waals surface area contributed by atoms with E-state index in [0.717, 1.165) is 35.2 Å². The van der Waals surface area contributed by atoms with Crippen molar-refractivity contribution in [3.05, 3.63) is 89.0 Å². The van der Waals surface area contributed by atoms with Crippen LogP contribution in [0.3, 0.4) is 0 Å². The van der Waals surface area contributed by atoms with Crippen LogP contribution in [0.25, 0.3) is 22.5 Å². The summed E-state index contributed by atoms with van der Waals surface area (Å²) in [6.45, 7) is 0. The molecule has 1 aromatic heterocycles. The van der Waals surface area contributed by atoms with Gasteiger partial charge in [-0.05, 0) is 52.2 Å². The quantitative estimate of drug-likeness (QED) is 0.317. The first-order valence-corrected chi connectivity index (χ1v) is 11.5. The minimum Gasteiger partial charge on any atom is -0.347 e. The minimum absolute atomic E-state index is 0.0920. The van der Waals surface area contributed by atoms with Gasteiger partial charge in [-0.2, -0.15) is 31.6 Å². The summed E-state index contributed by atoms with van der Waals surface area (Å²) in [5.74, 6) is -1.48. The van der Waals surface area contributed by atoms with E-state index in [1.807, 2.05) is 0 Å². The lowest BCUT2D eigenvalue weighted by atomic mass is 9.95. The third-order valence-corrected chi connectivity index (χ3v) is 5.90. The van der Waals surface area contributed by atoms with Gasteiger partial charge < -0.3 is 10.2 Å². The number of carbonyl (C=O) groups is 2. The molecule has 2 amide bonds. The Hall–Kier alpha value is -4.75. The molecule has 0 aliphatic heterocycles. The number of rotatable bonds is 6. The van der Waals surface area contributed by atoms with Gasteiger partial charge in [-0.25, -0.2) is 0 Å². The van der Waals surface area contributed by atoms with Crippen molar-refractivity contribution < 1.29 is 35.9 Å². The van der Waals surface area contributed by atoms with Gasteiger partial charge in [-0.3, -0.25) is 9.59 Å². The van der Waals surface area contributed by atoms with E-state index in [4.69, 9.17) is 0 Å². The largest absolute Gasteiger partial charge is 0.416 e. The number of aromatic nitrogens is 4. The second-order valence-corrected chi connectivity index (χ2v) is 8.83. The molecule has 1 atom stereocenters. The number of hydrogen-bond donors (Lipinski definition) is 2. The highest BCUT2D eigenvalue weighted by Gasteiger charge is 2.33. The summed E-state index contributed by atoms with van der Waals surface area (Å²) in [4.78, 5) is 27.7. The Morgan fingerprint density at radius 1 is 0.850 bits per heavy atom. The fourth-order valence-corrected chi connectivity index (χ4v) is 3.90. The maximum absolute atomic E-state index is 13.6. The molecule has 0 fully saturated rings. The summed E-state index contributed by atoms with van der Waals surface area (Å²) in [5.41, 5.74) is -1.37. The fourth-order valence-electron chi connectivity index (χ4n) is 3.90. The molecule has 0 unspecified atom stereocenters. The van der Waals surface area contributed by atoms with Crippen LogP contribution in [-0.2, 0) is 17.1 Å². The van der Waals surface area contributed by atoms with Crippen molar-refractivity contribution in [3.8, 4) is 22.5 Å². The molecule has 40 heavy (non-hydrogen) atoms. The summed E-state index contributed by atoms with van der Waals surface area (Å²) < 4.78 is 79.4. The van der Waals surface area contributed by atoms with E-state index < -0.39 is 41.3 Å². The first-order chi connectivity index (χ1) is 18.8. The first kappa shape index (κ1) is 28.3. The third-order valence-electron chi connectivity index (χ3n) is 5.90. The van der Waals surface area contributed by atoms with Crippen molar-refractivity contribution >= 4 is 11.8 Å². The monoisotopic (exact) mass is 562 g/mol. The van der Waals surface area contributed by atoms with Gasteiger partial charge in [0.05, 0.1) is 11.1 Å². The number of carbonyl (C=O) groups excluding carboxylic acids is 2. The highest BCUT2D eigenvalue weighted by molar-refractivity contribution is 6.04. The number of nitrogens with zero attached hydrogens (tertiary/aromatic N) is 4. The standard InChI is InChI=1S/C26H20F6N6O2/c1-38(2)24(40)21(15-4-3-5-18(12-15)26(30,31)32)33-23(39)20-13-16(22-34-36-37-35-22)8-11-19(20)14-6-9-17(10-7-14)25(27,28)29/h3-13,21H,1-2H3,(H,33,39)(H,34,35,36,37)/t21-/m0/s1. The molecule has 1 heterocycles. The van der Waals surface area contributed by atoms with Crippen LogP contribution in [0.4, 0.5) is 26.3 Å². The Bertz CT molecular complexity index is 1520. The molecule has 0 saturated heterocycles. The maximum Gasteiger partial charge on any atom is 0.416 e. The van der Waals surface area contributed by atoms with Crippen LogP contribution in [0.5, 0.6) is 0 Å². The van der Waals surface area contributed by atoms with E-state index in [9.17, 15) is 35.9 Å². The summed E-state index contributed by atoms with van der Waals surface area (Å²) in [6, 6.07) is 10.8. The average molecular weight is 562 g/mol. The highest BCUT2D eigenvalue weighted by atomic mass is 19.4. The molecule has 208 valence electrons. The topological polar surface area (TPSA) is 104 Å². The van der Waals surface area contributed by atoms with Crippen molar-refractivity contribution in [1.82, 2.24) is 30.8 Å². The highest BCUT2D eigenvalue weighted by Crippen LogP contribution is 2.34. The van der Waals surface area contributed by atoms with Crippen LogP contribution in [-0.4, -0.2) is 51.4 Å². The van der Waals surface area contributed by atoms with Crippen LogP contribution in [0.2, 0.25) is 0 Å². The SMILES string of the molecule is CN(C)C(=O)[C@@H](NC(=O)c1cc(-c2nn[nH]n2)ccc1-c1ccc(C(F)(F)F)cc1)c1cccc(C(F)(F)F)c1. The molecule has 4 aromatic rings. The summed E-state index contributed by atoms with van der Waals surface area (Å²) >= 11 is 0. The van der Waals surface area contributed by atoms with Crippen molar-refractivity contribution in [2.75, 3.05) is 14.1 Å². The van der Waals surface area contributed by atoms with Gasteiger partial charge in [0.15, 0.2) is 0 Å². The maximum atomic E-state index is 13.6. The molecule has 0 radical (unpaired) electrons. The summed E-state index contributed by atoms with van der Waals surface area (Å²) in [6.07, 6.45) is -9.27. The molecule has 3 aromatic carbocycles. The Morgan fingerprint density at radius 3 is 2.08 bits per heavy atom. The lowest BCUT2D eigenvalue weighted by Crippen LogP contribution is -2.40. The molecule has 0 aliphatic rings. The number of hydrogen-bond acceptors (Lipinski definition) is 5. The molecule has 0 saturated carbocycles. The second-order valence-electron chi connectivity index (χ2n) is 8.83. The predicted octanol–water partition coefficient (Wildman–Crippen LogP) is 5.13. The molecule has 0 bridgehead atoms. The smallest absolute Gasteiger partial charge is 0.347 e. The van der Waals surface area contributed by atoms with Crippen molar-refractivity contribution in [2.45, 2.75) is 18.4 Å². The van der Waals surface area contributed by atoms with Gasteiger partial charge in [0, 0.05) is 25.2 Å². The number of nitrogens with one attached hydrogen (secondary N) is 2. The minimum atomic E-state index is -4.69. The number of halogens is 6. The zero-order valence-electron chi connectivity index (χ0n) is 20.8. The molecular weight excluding hydrogens is 542 g/mol. The molecule has 4 rings (SSSR count). The normalized spacial score (nSPS) is 12.6. The number of benzene rings is 3. The number of aromatic amines is 1. The lowest BCUT2D eigenvalue weighted by Gasteiger charge is -2.23. The van der Waals surface area contributed by atoms with Crippen LogP contribution < -0.4 is 5.32 Å². The Morgan fingerprint density at radius 2 is 1.50 bits per heavy atom. The van der Waals surface area contributed by atoms with E-state index in [2.05, 4.69) is 25.9 Å². The van der Waals surface area contributed by atoms with Gasteiger partial charge in [0.2, 0.25) is 11.7 Å². The lowest BCUT2D eigenvalue weighted by molar-refractivity contribution is -0.138. The zero-order chi connectivity index (χ0) is 29.2. The van der Waals surface area contributed by atoms with E-state index in [1.54, 1.807) is 0 Å². The number of H-pyrrole nitrogens is 1. The van der Waals surface area contributed by atoms with Gasteiger partial charge in [0.1, 0.15) is 6.04 Å². The van der Waals surface area contributed by atoms with Gasteiger partial charge in [-0.1, -0.05) is 36.4 Å². The van der Waals surface area contributed by atoms with E-state index in [-0.39, 0.29) is 28.1 Å². The molecule has 2 N–H and O–H groups in total. The number of alkyl halides is 6. The number of amides is 2. The zero-order valence-corrected chi connectivity index (χ0v) is 20.8. The van der Waals surface area contributed by atoms with Gasteiger partial charge >= 0.3 is 12.4 Å².